The number of amides is 1. The molecule has 0 radical (unpaired) electrons. The SMILES string of the molecule is CC(C)Oc1ccccc1C(=O)N[C@H](C)c1ncon1. The highest BCUT2D eigenvalue weighted by atomic mass is 16.5. The first-order valence-corrected chi connectivity index (χ1v) is 6.40. The molecular formula is C14H17N3O3. The number of hydrogen-bond acceptors (Lipinski definition) is 5. The highest BCUT2D eigenvalue weighted by Crippen LogP contribution is 2.20. The molecule has 0 saturated carbocycles. The Morgan fingerprint density at radius 2 is 2.05 bits per heavy atom. The first-order valence-electron chi connectivity index (χ1n) is 6.40. The first-order chi connectivity index (χ1) is 9.58. The van der Waals surface area contributed by atoms with Crippen molar-refractivity contribution in [3.63, 3.8) is 0 Å². The van der Waals surface area contributed by atoms with Gasteiger partial charge >= 0.3 is 0 Å². The van der Waals surface area contributed by atoms with Gasteiger partial charge in [0.1, 0.15) is 5.75 Å². The van der Waals surface area contributed by atoms with Gasteiger partial charge in [0, 0.05) is 0 Å². The summed E-state index contributed by atoms with van der Waals surface area (Å²) in [5.74, 6) is 0.750. The maximum Gasteiger partial charge on any atom is 0.255 e. The molecule has 0 aliphatic rings. The average molecular weight is 275 g/mol. The predicted octanol–water partition coefficient (Wildman–Crippen LogP) is 2.35. The van der Waals surface area contributed by atoms with Crippen LogP contribution in [0.4, 0.5) is 0 Å². The summed E-state index contributed by atoms with van der Waals surface area (Å²) < 4.78 is 10.3. The van der Waals surface area contributed by atoms with Crippen LogP contribution in [0.15, 0.2) is 35.2 Å². The number of nitrogens with one attached hydrogen (secondary N) is 1. The van der Waals surface area contributed by atoms with E-state index in [1.165, 1.54) is 6.39 Å². The molecule has 6 heteroatoms. The maximum absolute atomic E-state index is 12.3. The second kappa shape index (κ2) is 6.18. The molecular weight excluding hydrogens is 258 g/mol. The minimum atomic E-state index is -0.339. The Morgan fingerprint density at radius 1 is 1.30 bits per heavy atom. The molecule has 0 aliphatic carbocycles. The van der Waals surface area contributed by atoms with Gasteiger partial charge in [0.2, 0.25) is 6.39 Å². The van der Waals surface area contributed by atoms with Crippen molar-refractivity contribution in [2.24, 2.45) is 0 Å². The second-order valence-electron chi connectivity index (χ2n) is 4.65. The molecule has 0 saturated heterocycles. The average Bonchev–Trinajstić information content (AvgIpc) is 2.92. The zero-order chi connectivity index (χ0) is 14.5. The minimum Gasteiger partial charge on any atom is -0.490 e. The number of ether oxygens (including phenoxy) is 1. The molecule has 1 heterocycles. The summed E-state index contributed by atoms with van der Waals surface area (Å²) in [6.45, 7) is 5.61. The van der Waals surface area contributed by atoms with Crippen LogP contribution in [0.3, 0.4) is 0 Å². The summed E-state index contributed by atoms with van der Waals surface area (Å²) in [5.41, 5.74) is 0.483. The Kier molecular flexibility index (Phi) is 4.34. The monoisotopic (exact) mass is 275 g/mol. The molecule has 0 aliphatic heterocycles. The fourth-order valence-corrected chi connectivity index (χ4v) is 1.72. The Balaban J connectivity index is 2.13. The van der Waals surface area contributed by atoms with Gasteiger partial charge in [-0.05, 0) is 32.9 Å². The van der Waals surface area contributed by atoms with Crippen molar-refractivity contribution in [2.75, 3.05) is 0 Å². The second-order valence-corrected chi connectivity index (χ2v) is 4.65. The van der Waals surface area contributed by atoms with Crippen molar-refractivity contribution in [2.45, 2.75) is 32.9 Å². The molecule has 20 heavy (non-hydrogen) atoms. The lowest BCUT2D eigenvalue weighted by molar-refractivity contribution is 0.0932. The molecule has 106 valence electrons. The van der Waals surface area contributed by atoms with E-state index in [9.17, 15) is 4.79 Å². The highest BCUT2D eigenvalue weighted by molar-refractivity contribution is 5.97. The number of para-hydroxylation sites is 1. The van der Waals surface area contributed by atoms with Gasteiger partial charge in [-0.15, -0.1) is 0 Å². The van der Waals surface area contributed by atoms with Gasteiger partial charge in [-0.1, -0.05) is 17.3 Å². The van der Waals surface area contributed by atoms with Crippen LogP contribution in [0.1, 0.15) is 43.0 Å². The van der Waals surface area contributed by atoms with Crippen LogP contribution >= 0.6 is 0 Å². The molecule has 1 N–H and O–H groups in total. The summed E-state index contributed by atoms with van der Waals surface area (Å²) >= 11 is 0. The molecule has 1 atom stereocenters. The molecule has 0 spiro atoms. The molecule has 1 amide bonds. The predicted molar refractivity (Wildman–Crippen MR) is 72.4 cm³/mol. The number of carbonyl (C=O) groups is 1. The van der Waals surface area contributed by atoms with E-state index < -0.39 is 0 Å². The Morgan fingerprint density at radius 3 is 2.70 bits per heavy atom. The molecule has 0 unspecified atom stereocenters. The van der Waals surface area contributed by atoms with Gasteiger partial charge in [-0.25, -0.2) is 0 Å². The van der Waals surface area contributed by atoms with Gasteiger partial charge in [0.15, 0.2) is 5.82 Å². The summed E-state index contributed by atoms with van der Waals surface area (Å²) in [6, 6.07) is 6.77. The van der Waals surface area contributed by atoms with E-state index in [0.29, 0.717) is 17.1 Å². The Labute approximate surface area is 117 Å². The number of rotatable bonds is 5. The van der Waals surface area contributed by atoms with Gasteiger partial charge in [0.25, 0.3) is 5.91 Å². The summed E-state index contributed by atoms with van der Waals surface area (Å²) in [4.78, 5) is 16.2. The van der Waals surface area contributed by atoms with E-state index in [0.717, 1.165) is 0 Å². The van der Waals surface area contributed by atoms with Crippen LogP contribution in [-0.4, -0.2) is 22.2 Å². The normalized spacial score (nSPS) is 12.2. The minimum absolute atomic E-state index is 0.00131. The van der Waals surface area contributed by atoms with Crippen LogP contribution in [0.5, 0.6) is 5.75 Å². The van der Waals surface area contributed by atoms with Crippen LogP contribution in [-0.2, 0) is 0 Å². The maximum atomic E-state index is 12.3. The van der Waals surface area contributed by atoms with Gasteiger partial charge < -0.3 is 14.6 Å². The van der Waals surface area contributed by atoms with E-state index in [4.69, 9.17) is 4.74 Å². The first kappa shape index (κ1) is 14.0. The van der Waals surface area contributed by atoms with Crippen molar-refractivity contribution in [1.82, 2.24) is 15.5 Å². The van der Waals surface area contributed by atoms with E-state index in [1.54, 1.807) is 25.1 Å². The van der Waals surface area contributed by atoms with Crippen LogP contribution in [0.2, 0.25) is 0 Å². The number of benzene rings is 1. The van der Waals surface area contributed by atoms with Crippen molar-refractivity contribution in [3.8, 4) is 5.75 Å². The molecule has 1 aromatic heterocycles. The van der Waals surface area contributed by atoms with E-state index in [2.05, 4.69) is 20.0 Å². The van der Waals surface area contributed by atoms with E-state index >= 15 is 0 Å². The van der Waals surface area contributed by atoms with Gasteiger partial charge in [-0.3, -0.25) is 4.79 Å². The number of carbonyl (C=O) groups excluding carboxylic acids is 1. The topological polar surface area (TPSA) is 77.2 Å². The number of nitrogens with zero attached hydrogens (tertiary/aromatic N) is 2. The van der Waals surface area contributed by atoms with Crippen molar-refractivity contribution in [3.05, 3.63) is 42.0 Å². The molecule has 0 bridgehead atoms. The quantitative estimate of drug-likeness (QED) is 0.906. The third-order valence-corrected chi connectivity index (χ3v) is 2.61. The molecule has 6 nitrogen and oxygen atoms in total. The van der Waals surface area contributed by atoms with Gasteiger partial charge in [-0.2, -0.15) is 4.98 Å². The molecule has 2 aromatic rings. The van der Waals surface area contributed by atoms with Gasteiger partial charge in [0.05, 0.1) is 17.7 Å². The van der Waals surface area contributed by atoms with Crippen molar-refractivity contribution < 1.29 is 14.1 Å². The van der Waals surface area contributed by atoms with Crippen LogP contribution < -0.4 is 10.1 Å². The summed E-state index contributed by atoms with van der Waals surface area (Å²) in [5, 5.41) is 6.51. The Hall–Kier alpha value is -2.37. The van der Waals surface area contributed by atoms with Crippen LogP contribution in [0, 0.1) is 0 Å². The van der Waals surface area contributed by atoms with Crippen molar-refractivity contribution in [1.29, 1.82) is 0 Å². The lowest BCUT2D eigenvalue weighted by atomic mass is 10.1. The molecule has 0 fully saturated rings. The largest absolute Gasteiger partial charge is 0.490 e. The highest BCUT2D eigenvalue weighted by Gasteiger charge is 2.18. The number of hydrogen-bond donors (Lipinski definition) is 1. The van der Waals surface area contributed by atoms with E-state index in [1.807, 2.05) is 19.9 Å². The van der Waals surface area contributed by atoms with E-state index in [-0.39, 0.29) is 18.1 Å². The zero-order valence-corrected chi connectivity index (χ0v) is 11.7. The molecule has 2 rings (SSSR count). The zero-order valence-electron chi connectivity index (χ0n) is 11.7. The fraction of sp³-hybridized carbons (Fsp3) is 0.357. The summed E-state index contributed by atoms with van der Waals surface area (Å²) in [7, 11) is 0. The lowest BCUT2D eigenvalue weighted by Gasteiger charge is -2.15. The third-order valence-electron chi connectivity index (χ3n) is 2.61. The van der Waals surface area contributed by atoms with Crippen LogP contribution in [0.25, 0.3) is 0 Å². The fourth-order valence-electron chi connectivity index (χ4n) is 1.72. The number of aromatic nitrogens is 2. The smallest absolute Gasteiger partial charge is 0.255 e. The summed E-state index contributed by atoms with van der Waals surface area (Å²) in [6.07, 6.45) is 1.23. The van der Waals surface area contributed by atoms with Crippen molar-refractivity contribution >= 4 is 5.91 Å². The lowest BCUT2D eigenvalue weighted by Crippen LogP contribution is -2.28. The molecule has 1 aromatic carbocycles. The Bertz CT molecular complexity index is 567. The third kappa shape index (κ3) is 3.34. The standard InChI is InChI=1S/C14H17N3O3/c1-9(2)20-12-7-5-4-6-11(12)14(18)16-10(3)13-15-8-19-17-13/h4-10H,1-3H3,(H,16,18)/t10-/m1/s1.